The van der Waals surface area contributed by atoms with E-state index in [2.05, 4.69) is 10.3 Å². The largest absolute Gasteiger partial charge is 0.392 e. The zero-order chi connectivity index (χ0) is 17.3. The van der Waals surface area contributed by atoms with Gasteiger partial charge < -0.3 is 15.5 Å². The molecule has 6 nitrogen and oxygen atoms in total. The van der Waals surface area contributed by atoms with Crippen molar-refractivity contribution in [3.05, 3.63) is 40.2 Å². The zero-order valence-electron chi connectivity index (χ0n) is 13.6. The predicted octanol–water partition coefficient (Wildman–Crippen LogP) is 0.708. The van der Waals surface area contributed by atoms with Gasteiger partial charge in [-0.3, -0.25) is 9.36 Å². The minimum atomic E-state index is -0.804. The van der Waals surface area contributed by atoms with E-state index in [-0.39, 0.29) is 23.5 Å². The number of aliphatic hydroxyl groups excluding tert-OH is 2. The Kier molecular flexibility index (Phi) is 4.93. The molecule has 1 aliphatic heterocycles. The topological polar surface area (TPSA) is 87.4 Å². The third-order valence-electron chi connectivity index (χ3n) is 4.56. The fraction of sp³-hybridized carbons (Fsp3) is 0.529. The molecule has 3 rings (SSSR count). The highest BCUT2D eigenvalue weighted by molar-refractivity contribution is 5.80. The highest BCUT2D eigenvalue weighted by atomic mass is 19.1. The van der Waals surface area contributed by atoms with E-state index in [4.69, 9.17) is 0 Å². The molecule has 0 aliphatic carbocycles. The molecule has 2 aromatic rings. The van der Waals surface area contributed by atoms with E-state index < -0.39 is 18.0 Å². The van der Waals surface area contributed by atoms with Crippen LogP contribution in [0, 0.1) is 12.7 Å². The molecule has 1 aromatic carbocycles. The third kappa shape index (κ3) is 3.48. The summed E-state index contributed by atoms with van der Waals surface area (Å²) in [5.74, 6) is -0.480. The molecule has 0 bridgehead atoms. The summed E-state index contributed by atoms with van der Waals surface area (Å²) >= 11 is 0. The summed E-state index contributed by atoms with van der Waals surface area (Å²) in [7, 11) is 0. The standard InChI is InChI=1S/C17H22FN3O3/c1-10-5-11(18)6-13-16(10)20-9-21(17(13)24)8-12(22)7-14-15(23)3-2-4-19-14/h5-6,9,12,14-15,19,22-23H,2-4,7-8H2,1H3/t12?,14-,15+/m1/s1. The van der Waals surface area contributed by atoms with Crippen molar-refractivity contribution in [3.63, 3.8) is 0 Å². The maximum atomic E-state index is 13.6. The highest BCUT2D eigenvalue weighted by Crippen LogP contribution is 2.16. The Morgan fingerprint density at radius 1 is 1.50 bits per heavy atom. The second-order valence-corrected chi connectivity index (χ2v) is 6.48. The number of piperidine rings is 1. The fourth-order valence-corrected chi connectivity index (χ4v) is 3.31. The van der Waals surface area contributed by atoms with Crippen LogP contribution in [0.25, 0.3) is 10.9 Å². The number of hydrogen-bond acceptors (Lipinski definition) is 5. The van der Waals surface area contributed by atoms with Crippen LogP contribution < -0.4 is 10.9 Å². The van der Waals surface area contributed by atoms with E-state index >= 15 is 0 Å². The predicted molar refractivity (Wildman–Crippen MR) is 88.4 cm³/mol. The van der Waals surface area contributed by atoms with E-state index in [9.17, 15) is 19.4 Å². The van der Waals surface area contributed by atoms with Gasteiger partial charge in [0.05, 0.1) is 36.0 Å². The lowest BCUT2D eigenvalue weighted by Crippen LogP contribution is -2.47. The molecule has 7 heteroatoms. The van der Waals surface area contributed by atoms with E-state index in [1.807, 2.05) is 0 Å². The number of halogens is 1. The summed E-state index contributed by atoms with van der Waals surface area (Å²) < 4.78 is 14.9. The molecule has 3 N–H and O–H groups in total. The first-order chi connectivity index (χ1) is 11.5. The summed E-state index contributed by atoms with van der Waals surface area (Å²) in [5.41, 5.74) is 0.694. The van der Waals surface area contributed by atoms with Gasteiger partial charge >= 0.3 is 0 Å². The zero-order valence-corrected chi connectivity index (χ0v) is 13.6. The van der Waals surface area contributed by atoms with Crippen LogP contribution in [-0.2, 0) is 6.54 Å². The van der Waals surface area contributed by atoms with Gasteiger partial charge in [0, 0.05) is 6.04 Å². The van der Waals surface area contributed by atoms with Crippen molar-refractivity contribution in [2.75, 3.05) is 6.54 Å². The molecule has 3 atom stereocenters. The van der Waals surface area contributed by atoms with Gasteiger partial charge in [-0.2, -0.15) is 0 Å². The lowest BCUT2D eigenvalue weighted by molar-refractivity contribution is 0.0539. The number of hydrogen-bond donors (Lipinski definition) is 3. The van der Waals surface area contributed by atoms with Crippen LogP contribution in [0.3, 0.4) is 0 Å². The molecule has 2 heterocycles. The second kappa shape index (κ2) is 6.96. The summed E-state index contributed by atoms with van der Waals surface area (Å²) in [6.07, 6.45) is 2.04. The van der Waals surface area contributed by atoms with E-state index in [1.54, 1.807) is 6.92 Å². The van der Waals surface area contributed by atoms with E-state index in [0.717, 1.165) is 13.0 Å². The van der Waals surface area contributed by atoms with Gasteiger partial charge in [-0.25, -0.2) is 9.37 Å². The summed E-state index contributed by atoms with van der Waals surface area (Å²) in [5, 5.41) is 23.6. The monoisotopic (exact) mass is 335 g/mol. The molecule has 0 amide bonds. The normalized spacial score (nSPS) is 22.7. The SMILES string of the molecule is Cc1cc(F)cc2c(=O)n(CC(O)C[C@H]3NCCC[C@@H]3O)cnc12. The molecule has 0 saturated carbocycles. The summed E-state index contributed by atoms with van der Waals surface area (Å²) in [6.45, 7) is 2.57. The molecule has 0 radical (unpaired) electrons. The van der Waals surface area contributed by atoms with Crippen LogP contribution in [0.15, 0.2) is 23.3 Å². The highest BCUT2D eigenvalue weighted by Gasteiger charge is 2.25. The Morgan fingerprint density at radius 2 is 2.29 bits per heavy atom. The van der Waals surface area contributed by atoms with Crippen LogP contribution in [0.5, 0.6) is 0 Å². The Bertz CT molecular complexity index is 792. The molecule has 1 unspecified atom stereocenters. The lowest BCUT2D eigenvalue weighted by Gasteiger charge is -2.30. The first-order valence-corrected chi connectivity index (χ1v) is 8.20. The van der Waals surface area contributed by atoms with Crippen molar-refractivity contribution < 1.29 is 14.6 Å². The number of benzene rings is 1. The van der Waals surface area contributed by atoms with Crippen LogP contribution >= 0.6 is 0 Å². The molecule has 1 aromatic heterocycles. The van der Waals surface area contributed by atoms with Crippen molar-refractivity contribution >= 4 is 10.9 Å². The maximum absolute atomic E-state index is 13.6. The molecule has 24 heavy (non-hydrogen) atoms. The van der Waals surface area contributed by atoms with Crippen molar-refractivity contribution in [3.8, 4) is 0 Å². The van der Waals surface area contributed by atoms with Gasteiger partial charge in [0.25, 0.3) is 5.56 Å². The number of nitrogens with zero attached hydrogens (tertiary/aromatic N) is 2. The number of aromatic nitrogens is 2. The molecular weight excluding hydrogens is 313 g/mol. The van der Waals surface area contributed by atoms with Crippen LogP contribution in [0.2, 0.25) is 0 Å². The first-order valence-electron chi connectivity index (χ1n) is 8.20. The van der Waals surface area contributed by atoms with Crippen LogP contribution in [-0.4, -0.2) is 44.6 Å². The molecule has 1 fully saturated rings. The van der Waals surface area contributed by atoms with E-state index in [1.165, 1.54) is 23.0 Å². The average molecular weight is 335 g/mol. The van der Waals surface area contributed by atoms with Crippen molar-refractivity contribution in [1.82, 2.24) is 14.9 Å². The Hall–Kier alpha value is -1.83. The minimum absolute atomic E-state index is 0.0578. The fourth-order valence-electron chi connectivity index (χ4n) is 3.31. The number of nitrogens with one attached hydrogen (secondary N) is 1. The molecular formula is C17H22FN3O3. The Balaban J connectivity index is 1.79. The Morgan fingerprint density at radius 3 is 3.04 bits per heavy atom. The molecule has 1 aliphatic rings. The molecule has 1 saturated heterocycles. The number of aryl methyl sites for hydroxylation is 1. The van der Waals surface area contributed by atoms with Crippen LogP contribution in [0.4, 0.5) is 4.39 Å². The van der Waals surface area contributed by atoms with Gasteiger partial charge in [0.2, 0.25) is 0 Å². The quantitative estimate of drug-likeness (QED) is 0.766. The van der Waals surface area contributed by atoms with Gasteiger partial charge in [-0.05, 0) is 50.4 Å². The van der Waals surface area contributed by atoms with Crippen molar-refractivity contribution in [1.29, 1.82) is 0 Å². The minimum Gasteiger partial charge on any atom is -0.392 e. The Labute approximate surface area is 139 Å². The smallest absolute Gasteiger partial charge is 0.261 e. The van der Waals surface area contributed by atoms with Gasteiger partial charge in [0.15, 0.2) is 0 Å². The van der Waals surface area contributed by atoms with Crippen molar-refractivity contribution in [2.24, 2.45) is 0 Å². The number of aliphatic hydroxyl groups is 2. The maximum Gasteiger partial charge on any atom is 0.261 e. The van der Waals surface area contributed by atoms with Gasteiger partial charge in [0.1, 0.15) is 5.82 Å². The third-order valence-corrected chi connectivity index (χ3v) is 4.56. The molecule has 0 spiro atoms. The summed E-state index contributed by atoms with van der Waals surface area (Å²) in [4.78, 5) is 16.7. The van der Waals surface area contributed by atoms with Crippen LogP contribution in [0.1, 0.15) is 24.8 Å². The number of fused-ring (bicyclic) bond motifs is 1. The van der Waals surface area contributed by atoms with Gasteiger partial charge in [-0.1, -0.05) is 0 Å². The van der Waals surface area contributed by atoms with E-state index in [0.29, 0.717) is 23.9 Å². The first kappa shape index (κ1) is 17.0. The summed E-state index contributed by atoms with van der Waals surface area (Å²) in [6, 6.07) is 2.33. The van der Waals surface area contributed by atoms with Crippen molar-refractivity contribution in [2.45, 2.75) is 51.0 Å². The average Bonchev–Trinajstić information content (AvgIpc) is 2.53. The van der Waals surface area contributed by atoms with Gasteiger partial charge in [-0.15, -0.1) is 0 Å². The number of rotatable bonds is 4. The second-order valence-electron chi connectivity index (χ2n) is 6.48. The lowest BCUT2D eigenvalue weighted by atomic mass is 9.96. The molecule has 130 valence electrons.